The van der Waals surface area contributed by atoms with Gasteiger partial charge in [0.2, 0.25) is 5.91 Å². The minimum absolute atomic E-state index is 0.272. The largest absolute Gasteiger partial charge is 0.340 e. The zero-order valence-corrected chi connectivity index (χ0v) is 12.5. The maximum absolute atomic E-state index is 12.8. The van der Waals surface area contributed by atoms with E-state index in [1.54, 1.807) is 0 Å². The van der Waals surface area contributed by atoms with Crippen LogP contribution in [0.4, 0.5) is 0 Å². The van der Waals surface area contributed by atoms with Crippen molar-refractivity contribution in [2.24, 2.45) is 17.1 Å². The molecule has 106 valence electrons. The molecule has 2 N–H and O–H groups in total. The summed E-state index contributed by atoms with van der Waals surface area (Å²) in [4.78, 5) is 14.9. The lowest BCUT2D eigenvalue weighted by atomic mass is 9.69. The Morgan fingerprint density at radius 3 is 2.33 bits per heavy atom. The summed E-state index contributed by atoms with van der Waals surface area (Å²) in [6, 6.07) is 0.324. The second-order valence-electron chi connectivity index (χ2n) is 6.02. The molecule has 0 spiro atoms. The van der Waals surface area contributed by atoms with Crippen LogP contribution in [0.15, 0.2) is 0 Å². The Balaban J connectivity index is 2.83. The molecule has 1 aliphatic rings. The molecule has 1 unspecified atom stereocenters. The predicted molar refractivity (Wildman–Crippen MR) is 76.3 cm³/mol. The van der Waals surface area contributed by atoms with E-state index in [4.69, 9.17) is 5.73 Å². The van der Waals surface area contributed by atoms with E-state index in [-0.39, 0.29) is 5.41 Å². The molecule has 3 nitrogen and oxygen atoms in total. The van der Waals surface area contributed by atoms with E-state index < -0.39 is 0 Å². The first-order chi connectivity index (χ1) is 8.50. The van der Waals surface area contributed by atoms with Crippen LogP contribution in [0.25, 0.3) is 0 Å². The highest BCUT2D eigenvalue weighted by atomic mass is 16.2. The van der Waals surface area contributed by atoms with Gasteiger partial charge in [0, 0.05) is 19.1 Å². The standard InChI is InChI=1S/C15H30N2O/c1-5-13(4)17(6-2)14(18)15(11-16)9-7-12(3)8-10-15/h12-13H,5-11,16H2,1-4H3. The molecule has 3 heteroatoms. The fourth-order valence-electron chi connectivity index (χ4n) is 3.00. The zero-order valence-electron chi connectivity index (χ0n) is 12.5. The molecule has 0 saturated heterocycles. The molecule has 1 aliphatic carbocycles. The second kappa shape index (κ2) is 6.55. The normalized spacial score (nSPS) is 29.9. The molecule has 0 aliphatic heterocycles. The fourth-order valence-corrected chi connectivity index (χ4v) is 3.00. The average molecular weight is 254 g/mol. The molecule has 1 fully saturated rings. The molecule has 1 atom stereocenters. The summed E-state index contributed by atoms with van der Waals surface area (Å²) in [5, 5.41) is 0. The smallest absolute Gasteiger partial charge is 0.230 e. The summed E-state index contributed by atoms with van der Waals surface area (Å²) >= 11 is 0. The highest BCUT2D eigenvalue weighted by molar-refractivity contribution is 5.83. The van der Waals surface area contributed by atoms with E-state index in [2.05, 4.69) is 27.7 Å². The van der Waals surface area contributed by atoms with Crippen molar-refractivity contribution in [3.8, 4) is 0 Å². The van der Waals surface area contributed by atoms with Crippen LogP contribution in [0.1, 0.15) is 59.8 Å². The second-order valence-corrected chi connectivity index (χ2v) is 6.02. The van der Waals surface area contributed by atoms with Crippen LogP contribution in [0.3, 0.4) is 0 Å². The Morgan fingerprint density at radius 1 is 1.39 bits per heavy atom. The monoisotopic (exact) mass is 254 g/mol. The first-order valence-electron chi connectivity index (χ1n) is 7.51. The molecule has 0 aromatic heterocycles. The third-order valence-electron chi connectivity index (χ3n) is 4.80. The molecule has 1 amide bonds. The van der Waals surface area contributed by atoms with Crippen molar-refractivity contribution < 1.29 is 4.79 Å². The van der Waals surface area contributed by atoms with E-state index in [1.165, 1.54) is 0 Å². The number of hydrogen-bond acceptors (Lipinski definition) is 2. The maximum Gasteiger partial charge on any atom is 0.230 e. The van der Waals surface area contributed by atoms with Gasteiger partial charge in [-0.05, 0) is 51.9 Å². The average Bonchev–Trinajstić information content (AvgIpc) is 2.40. The molecule has 0 aromatic rings. The van der Waals surface area contributed by atoms with Crippen LogP contribution in [0, 0.1) is 11.3 Å². The maximum atomic E-state index is 12.8. The lowest BCUT2D eigenvalue weighted by Crippen LogP contribution is -2.52. The molecular formula is C15H30N2O. The van der Waals surface area contributed by atoms with Crippen molar-refractivity contribution in [2.45, 2.75) is 65.8 Å². The van der Waals surface area contributed by atoms with Crippen molar-refractivity contribution in [3.63, 3.8) is 0 Å². The third kappa shape index (κ3) is 3.05. The van der Waals surface area contributed by atoms with Gasteiger partial charge in [-0.25, -0.2) is 0 Å². The van der Waals surface area contributed by atoms with Gasteiger partial charge < -0.3 is 10.6 Å². The van der Waals surface area contributed by atoms with Crippen LogP contribution < -0.4 is 5.73 Å². The summed E-state index contributed by atoms with van der Waals surface area (Å²) in [6.45, 7) is 9.92. The molecule has 1 rings (SSSR count). The van der Waals surface area contributed by atoms with Gasteiger partial charge in [0.25, 0.3) is 0 Å². The van der Waals surface area contributed by atoms with Crippen molar-refractivity contribution in [1.82, 2.24) is 4.90 Å². The van der Waals surface area contributed by atoms with Gasteiger partial charge in [0.1, 0.15) is 0 Å². The van der Waals surface area contributed by atoms with Crippen molar-refractivity contribution in [1.29, 1.82) is 0 Å². The number of amides is 1. The summed E-state index contributed by atoms with van der Waals surface area (Å²) in [7, 11) is 0. The summed E-state index contributed by atoms with van der Waals surface area (Å²) in [6.07, 6.45) is 5.23. The number of nitrogens with zero attached hydrogens (tertiary/aromatic N) is 1. The van der Waals surface area contributed by atoms with Gasteiger partial charge in [0.05, 0.1) is 5.41 Å². The topological polar surface area (TPSA) is 46.3 Å². The van der Waals surface area contributed by atoms with Gasteiger partial charge in [-0.1, -0.05) is 13.8 Å². The number of carbonyl (C=O) groups excluding carboxylic acids is 1. The number of nitrogens with two attached hydrogens (primary N) is 1. The van der Waals surface area contributed by atoms with Crippen LogP contribution in [-0.2, 0) is 4.79 Å². The first kappa shape index (κ1) is 15.5. The molecule has 18 heavy (non-hydrogen) atoms. The molecule has 0 aromatic carbocycles. The van der Waals surface area contributed by atoms with Crippen LogP contribution in [0.2, 0.25) is 0 Å². The minimum atomic E-state index is -0.272. The lowest BCUT2D eigenvalue weighted by Gasteiger charge is -2.42. The highest BCUT2D eigenvalue weighted by Crippen LogP contribution is 2.40. The first-order valence-corrected chi connectivity index (χ1v) is 7.51. The summed E-state index contributed by atoms with van der Waals surface area (Å²) in [5.41, 5.74) is 5.70. The molecule has 0 radical (unpaired) electrons. The Bertz CT molecular complexity index is 270. The Labute approximate surface area is 112 Å². The van der Waals surface area contributed by atoms with Crippen LogP contribution in [0.5, 0.6) is 0 Å². The van der Waals surface area contributed by atoms with Gasteiger partial charge in [-0.3, -0.25) is 4.79 Å². The Morgan fingerprint density at radius 2 is 1.94 bits per heavy atom. The minimum Gasteiger partial charge on any atom is -0.340 e. The van der Waals surface area contributed by atoms with E-state index in [9.17, 15) is 4.79 Å². The molecular weight excluding hydrogens is 224 g/mol. The Hall–Kier alpha value is -0.570. The van der Waals surface area contributed by atoms with E-state index in [1.807, 2.05) is 4.90 Å². The number of rotatable bonds is 5. The van der Waals surface area contributed by atoms with Crippen molar-refractivity contribution in [2.75, 3.05) is 13.1 Å². The van der Waals surface area contributed by atoms with Crippen LogP contribution in [-0.4, -0.2) is 29.9 Å². The van der Waals surface area contributed by atoms with Gasteiger partial charge in [0.15, 0.2) is 0 Å². The van der Waals surface area contributed by atoms with Crippen molar-refractivity contribution >= 4 is 5.91 Å². The number of carbonyl (C=O) groups is 1. The highest BCUT2D eigenvalue weighted by Gasteiger charge is 2.42. The quantitative estimate of drug-likeness (QED) is 0.820. The lowest BCUT2D eigenvalue weighted by molar-refractivity contribution is -0.146. The van der Waals surface area contributed by atoms with E-state index in [0.29, 0.717) is 18.5 Å². The fraction of sp³-hybridized carbons (Fsp3) is 0.933. The summed E-state index contributed by atoms with van der Waals surface area (Å²) < 4.78 is 0. The molecule has 0 heterocycles. The zero-order chi connectivity index (χ0) is 13.8. The van der Waals surface area contributed by atoms with E-state index >= 15 is 0 Å². The Kier molecular flexibility index (Phi) is 5.64. The van der Waals surface area contributed by atoms with Gasteiger partial charge in [-0.15, -0.1) is 0 Å². The molecule has 1 saturated carbocycles. The van der Waals surface area contributed by atoms with Gasteiger partial charge >= 0.3 is 0 Å². The summed E-state index contributed by atoms with van der Waals surface area (Å²) in [5.74, 6) is 1.05. The number of hydrogen-bond donors (Lipinski definition) is 1. The van der Waals surface area contributed by atoms with Crippen LogP contribution >= 0.6 is 0 Å². The van der Waals surface area contributed by atoms with Gasteiger partial charge in [-0.2, -0.15) is 0 Å². The SMILES string of the molecule is CCC(C)N(CC)C(=O)C1(CN)CCC(C)CC1. The van der Waals surface area contributed by atoms with Crippen molar-refractivity contribution in [3.05, 3.63) is 0 Å². The molecule has 0 bridgehead atoms. The third-order valence-corrected chi connectivity index (χ3v) is 4.80. The predicted octanol–water partition coefficient (Wildman–Crippen LogP) is 2.79. The van der Waals surface area contributed by atoms with E-state index in [0.717, 1.165) is 44.6 Å².